The summed E-state index contributed by atoms with van der Waals surface area (Å²) in [5.74, 6) is 0.192. The van der Waals surface area contributed by atoms with Gasteiger partial charge in [-0.2, -0.15) is 5.10 Å². The van der Waals surface area contributed by atoms with E-state index in [0.717, 1.165) is 4.88 Å². The first-order valence-corrected chi connectivity index (χ1v) is 5.64. The molecule has 0 radical (unpaired) electrons. The molecular formula is C10H10N4O2S. The molecule has 2 aromatic heterocycles. The van der Waals surface area contributed by atoms with Crippen LogP contribution in [0.3, 0.4) is 0 Å². The number of nitrogens with two attached hydrogens (primary N) is 1. The van der Waals surface area contributed by atoms with Crippen molar-refractivity contribution >= 4 is 17.2 Å². The minimum Gasteiger partial charge on any atom is -0.470 e. The van der Waals surface area contributed by atoms with Gasteiger partial charge in [0.1, 0.15) is 6.61 Å². The molecule has 0 saturated heterocycles. The van der Waals surface area contributed by atoms with Gasteiger partial charge in [0.25, 0.3) is 0 Å². The molecule has 0 aliphatic heterocycles. The van der Waals surface area contributed by atoms with Crippen molar-refractivity contribution < 1.29 is 9.94 Å². The van der Waals surface area contributed by atoms with Gasteiger partial charge >= 0.3 is 0 Å². The van der Waals surface area contributed by atoms with Gasteiger partial charge in [-0.3, -0.25) is 0 Å². The fraction of sp³-hybridized carbons (Fsp3) is 0.100. The molecule has 6 nitrogen and oxygen atoms in total. The van der Waals surface area contributed by atoms with Gasteiger partial charge in [-0.15, -0.1) is 16.4 Å². The van der Waals surface area contributed by atoms with Crippen LogP contribution in [0.1, 0.15) is 10.4 Å². The van der Waals surface area contributed by atoms with Crippen molar-refractivity contribution in [3.63, 3.8) is 0 Å². The normalized spacial score (nSPS) is 11.4. The smallest absolute Gasteiger partial charge is 0.245 e. The zero-order valence-corrected chi connectivity index (χ0v) is 9.59. The number of ether oxygens (including phenoxy) is 1. The lowest BCUT2D eigenvalue weighted by Gasteiger charge is -2.06. The Morgan fingerprint density at radius 3 is 3.12 bits per heavy atom. The van der Waals surface area contributed by atoms with Crippen molar-refractivity contribution in [2.24, 2.45) is 10.9 Å². The highest BCUT2D eigenvalue weighted by Gasteiger charge is 2.10. The molecule has 0 atom stereocenters. The van der Waals surface area contributed by atoms with Gasteiger partial charge < -0.3 is 15.7 Å². The number of hydrogen-bond acceptors (Lipinski definition) is 6. The van der Waals surface area contributed by atoms with E-state index >= 15 is 0 Å². The number of oxime groups is 1. The van der Waals surface area contributed by atoms with Crippen LogP contribution < -0.4 is 10.5 Å². The molecule has 3 N–H and O–H groups in total. The Morgan fingerprint density at radius 1 is 1.53 bits per heavy atom. The standard InChI is InChI=1S/C10H10N4O2S/c11-9(14-15)8-3-4-12-13-10(8)16-6-7-2-1-5-17-7/h1-5,15H,6H2,(H2,11,14). The maximum Gasteiger partial charge on any atom is 0.245 e. The second-order valence-electron chi connectivity index (χ2n) is 3.10. The Balaban J connectivity index is 2.15. The lowest BCUT2D eigenvalue weighted by molar-refractivity contribution is 0.291. The monoisotopic (exact) mass is 250 g/mol. The molecule has 2 heterocycles. The van der Waals surface area contributed by atoms with Gasteiger partial charge in [-0.25, -0.2) is 0 Å². The molecule has 0 saturated carbocycles. The third-order valence-corrected chi connectivity index (χ3v) is 2.85. The van der Waals surface area contributed by atoms with Gasteiger partial charge in [0.2, 0.25) is 5.88 Å². The summed E-state index contributed by atoms with van der Waals surface area (Å²) in [6.07, 6.45) is 1.45. The topological polar surface area (TPSA) is 93.6 Å². The van der Waals surface area contributed by atoms with Crippen LogP contribution in [0.5, 0.6) is 5.88 Å². The van der Waals surface area contributed by atoms with Crippen molar-refractivity contribution in [2.75, 3.05) is 0 Å². The van der Waals surface area contributed by atoms with E-state index in [9.17, 15) is 0 Å². The maximum absolute atomic E-state index is 8.63. The highest BCUT2D eigenvalue weighted by Crippen LogP contribution is 2.16. The van der Waals surface area contributed by atoms with Crippen LogP contribution in [-0.2, 0) is 6.61 Å². The minimum atomic E-state index is -0.0546. The Kier molecular flexibility index (Phi) is 3.51. The Labute approximate surface area is 101 Å². The molecule has 0 fully saturated rings. The van der Waals surface area contributed by atoms with Crippen molar-refractivity contribution in [3.05, 3.63) is 40.2 Å². The molecular weight excluding hydrogens is 240 g/mol. The lowest BCUT2D eigenvalue weighted by atomic mass is 10.3. The highest BCUT2D eigenvalue weighted by atomic mass is 32.1. The number of amidine groups is 1. The summed E-state index contributed by atoms with van der Waals surface area (Å²) in [6.45, 7) is 0.377. The average Bonchev–Trinajstić information content (AvgIpc) is 2.89. The zero-order valence-electron chi connectivity index (χ0n) is 8.78. The van der Waals surface area contributed by atoms with Crippen LogP contribution in [0.2, 0.25) is 0 Å². The van der Waals surface area contributed by atoms with Gasteiger partial charge in [-0.1, -0.05) is 11.2 Å². The number of hydrogen-bond donors (Lipinski definition) is 2. The Bertz CT molecular complexity index is 513. The summed E-state index contributed by atoms with van der Waals surface area (Å²) >= 11 is 1.58. The van der Waals surface area contributed by atoms with Crippen molar-refractivity contribution in [1.29, 1.82) is 0 Å². The summed E-state index contributed by atoms with van der Waals surface area (Å²) in [5.41, 5.74) is 5.91. The summed E-state index contributed by atoms with van der Waals surface area (Å²) in [5, 5.41) is 21.0. The van der Waals surface area contributed by atoms with Gasteiger partial charge in [0.05, 0.1) is 11.8 Å². The molecule has 0 amide bonds. The molecule has 0 bridgehead atoms. The van der Waals surface area contributed by atoms with Crippen LogP contribution in [0.25, 0.3) is 0 Å². The molecule has 2 aromatic rings. The molecule has 17 heavy (non-hydrogen) atoms. The lowest BCUT2D eigenvalue weighted by Crippen LogP contribution is -2.15. The van der Waals surface area contributed by atoms with Crippen molar-refractivity contribution in [3.8, 4) is 5.88 Å². The van der Waals surface area contributed by atoms with E-state index in [4.69, 9.17) is 15.7 Å². The summed E-state index contributed by atoms with van der Waals surface area (Å²) in [4.78, 5) is 1.06. The van der Waals surface area contributed by atoms with Crippen LogP contribution in [-0.4, -0.2) is 21.2 Å². The SMILES string of the molecule is N/C(=N/O)c1ccnnc1OCc1cccs1. The zero-order chi connectivity index (χ0) is 12.1. The Hall–Kier alpha value is -2.15. The fourth-order valence-corrected chi connectivity index (χ4v) is 1.82. The van der Waals surface area contributed by atoms with Gasteiger partial charge in [0, 0.05) is 4.88 Å². The van der Waals surface area contributed by atoms with E-state index in [1.54, 1.807) is 17.4 Å². The first-order chi connectivity index (χ1) is 8.31. The number of nitrogens with zero attached hydrogens (tertiary/aromatic N) is 3. The van der Waals surface area contributed by atoms with Crippen LogP contribution in [0, 0.1) is 0 Å². The third kappa shape index (κ3) is 2.70. The molecule has 88 valence electrons. The minimum absolute atomic E-state index is 0.0546. The molecule has 0 unspecified atom stereocenters. The van der Waals surface area contributed by atoms with Crippen LogP contribution >= 0.6 is 11.3 Å². The summed E-state index contributed by atoms with van der Waals surface area (Å²) in [6, 6.07) is 5.46. The van der Waals surface area contributed by atoms with E-state index in [1.165, 1.54) is 6.20 Å². The van der Waals surface area contributed by atoms with E-state index in [1.807, 2.05) is 17.5 Å². The molecule has 0 spiro atoms. The summed E-state index contributed by atoms with van der Waals surface area (Å²) in [7, 11) is 0. The van der Waals surface area contributed by atoms with Gasteiger partial charge in [-0.05, 0) is 17.5 Å². The van der Waals surface area contributed by atoms with E-state index in [2.05, 4.69) is 15.4 Å². The van der Waals surface area contributed by atoms with Gasteiger partial charge in [0.15, 0.2) is 5.84 Å². The number of aromatic nitrogens is 2. The average molecular weight is 250 g/mol. The van der Waals surface area contributed by atoms with Crippen molar-refractivity contribution in [1.82, 2.24) is 10.2 Å². The predicted octanol–water partition coefficient (Wildman–Crippen LogP) is 1.21. The maximum atomic E-state index is 8.63. The molecule has 7 heteroatoms. The van der Waals surface area contributed by atoms with E-state index < -0.39 is 0 Å². The van der Waals surface area contributed by atoms with E-state index in [-0.39, 0.29) is 11.7 Å². The third-order valence-electron chi connectivity index (χ3n) is 2.00. The molecule has 0 aliphatic rings. The summed E-state index contributed by atoms with van der Waals surface area (Å²) < 4.78 is 5.47. The van der Waals surface area contributed by atoms with Crippen LogP contribution in [0.4, 0.5) is 0 Å². The second kappa shape index (κ2) is 5.26. The molecule has 0 aliphatic carbocycles. The number of rotatable bonds is 4. The first-order valence-electron chi connectivity index (χ1n) is 4.76. The second-order valence-corrected chi connectivity index (χ2v) is 4.14. The van der Waals surface area contributed by atoms with E-state index in [0.29, 0.717) is 12.2 Å². The number of thiophene rings is 1. The fourth-order valence-electron chi connectivity index (χ4n) is 1.21. The van der Waals surface area contributed by atoms with Crippen molar-refractivity contribution in [2.45, 2.75) is 6.61 Å². The quantitative estimate of drug-likeness (QED) is 0.368. The molecule has 0 aromatic carbocycles. The Morgan fingerprint density at radius 2 is 2.41 bits per heavy atom. The molecule has 2 rings (SSSR count). The van der Waals surface area contributed by atoms with Crippen LogP contribution in [0.15, 0.2) is 34.9 Å². The largest absolute Gasteiger partial charge is 0.470 e. The predicted molar refractivity (Wildman–Crippen MR) is 63.2 cm³/mol. The highest BCUT2D eigenvalue weighted by molar-refractivity contribution is 7.09. The first kappa shape index (κ1) is 11.3.